The summed E-state index contributed by atoms with van der Waals surface area (Å²) >= 11 is 0. The number of ether oxygens (including phenoxy) is 1. The molecule has 30 heavy (non-hydrogen) atoms. The number of nitrogens with zero attached hydrogens (tertiary/aromatic N) is 1. The Morgan fingerprint density at radius 1 is 0.933 bits per heavy atom. The average molecular weight is 406 g/mol. The summed E-state index contributed by atoms with van der Waals surface area (Å²) in [5, 5.41) is 2.53. The minimum atomic E-state index is -1.07. The molecule has 1 heterocycles. The van der Waals surface area contributed by atoms with E-state index in [4.69, 9.17) is 4.74 Å². The first kappa shape index (κ1) is 21.3. The predicted octanol–water partition coefficient (Wildman–Crippen LogP) is 3.46. The topological polar surface area (TPSA) is 75.7 Å². The molecule has 6 nitrogen and oxygen atoms in total. The van der Waals surface area contributed by atoms with Gasteiger partial charge in [0.15, 0.2) is 0 Å². The normalized spacial score (nSPS) is 15.2. The van der Waals surface area contributed by atoms with Gasteiger partial charge in [0.05, 0.1) is 0 Å². The molecule has 1 aliphatic rings. The van der Waals surface area contributed by atoms with Gasteiger partial charge in [0, 0.05) is 25.6 Å². The van der Waals surface area contributed by atoms with Crippen molar-refractivity contribution in [1.29, 1.82) is 0 Å². The van der Waals surface area contributed by atoms with Gasteiger partial charge in [-0.1, -0.05) is 60.7 Å². The number of likely N-dealkylation sites (tertiary alicyclic amines) is 1. The number of hydrogen-bond donors (Lipinski definition) is 1. The summed E-state index contributed by atoms with van der Waals surface area (Å²) in [6.07, 6.45) is 3.44. The number of piperidine rings is 1. The fourth-order valence-electron chi connectivity index (χ4n) is 3.39. The molecule has 1 unspecified atom stereocenters. The highest BCUT2D eigenvalue weighted by atomic mass is 16.5. The van der Waals surface area contributed by atoms with Crippen molar-refractivity contribution in [2.75, 3.05) is 13.1 Å². The van der Waals surface area contributed by atoms with Crippen molar-refractivity contribution in [2.24, 2.45) is 0 Å². The first-order valence-electron chi connectivity index (χ1n) is 10.1. The average Bonchev–Trinajstić information content (AvgIpc) is 2.78. The molecule has 156 valence electrons. The van der Waals surface area contributed by atoms with Crippen molar-refractivity contribution in [3.63, 3.8) is 0 Å². The maximum atomic E-state index is 13.2. The molecule has 0 aliphatic carbocycles. The fourth-order valence-corrected chi connectivity index (χ4v) is 3.39. The number of benzene rings is 2. The quantitative estimate of drug-likeness (QED) is 0.589. The smallest absolute Gasteiger partial charge is 0.355 e. The van der Waals surface area contributed by atoms with Crippen LogP contribution in [0.15, 0.2) is 66.4 Å². The lowest BCUT2D eigenvalue weighted by Gasteiger charge is -2.30. The second-order valence-electron chi connectivity index (χ2n) is 7.23. The molecule has 2 amide bonds. The van der Waals surface area contributed by atoms with Crippen LogP contribution in [-0.4, -0.2) is 35.8 Å². The van der Waals surface area contributed by atoms with Gasteiger partial charge in [-0.2, -0.15) is 0 Å². The Hall–Kier alpha value is -3.41. The van der Waals surface area contributed by atoms with E-state index in [0.29, 0.717) is 18.7 Å². The number of carbonyl (C=O) groups excluding carboxylic acids is 3. The van der Waals surface area contributed by atoms with E-state index in [1.807, 2.05) is 36.4 Å². The molecule has 1 atom stereocenters. The summed E-state index contributed by atoms with van der Waals surface area (Å²) in [6, 6.07) is 18.1. The number of amides is 2. The standard InChI is InChI=1S/C24H26N2O4/c1-18(27)25-21(17-19-11-5-2-6-12-19)24(29)30-22(20-13-7-3-8-14-20)23(28)26-15-9-4-10-16-26/h2-3,5-8,11-14,17,22H,4,9-10,15-16H2,1H3,(H,25,27)/b21-17-. The zero-order valence-corrected chi connectivity index (χ0v) is 17.0. The summed E-state index contributed by atoms with van der Waals surface area (Å²) in [7, 11) is 0. The predicted molar refractivity (Wildman–Crippen MR) is 114 cm³/mol. The summed E-state index contributed by atoms with van der Waals surface area (Å²) in [4.78, 5) is 39.6. The Bertz CT molecular complexity index is 903. The molecule has 0 radical (unpaired) electrons. The highest BCUT2D eigenvalue weighted by molar-refractivity contribution is 5.99. The second-order valence-corrected chi connectivity index (χ2v) is 7.23. The molecular formula is C24H26N2O4. The van der Waals surface area contributed by atoms with E-state index < -0.39 is 18.0 Å². The summed E-state index contributed by atoms with van der Waals surface area (Å²) in [5.41, 5.74) is 1.32. The van der Waals surface area contributed by atoms with Gasteiger partial charge in [0.1, 0.15) is 5.70 Å². The van der Waals surface area contributed by atoms with Gasteiger partial charge in [-0.3, -0.25) is 9.59 Å². The molecule has 0 spiro atoms. The summed E-state index contributed by atoms with van der Waals surface area (Å²) < 4.78 is 5.67. The van der Waals surface area contributed by atoms with Crippen LogP contribution in [0.5, 0.6) is 0 Å². The van der Waals surface area contributed by atoms with Crippen LogP contribution in [0, 0.1) is 0 Å². The number of carbonyl (C=O) groups is 3. The molecule has 0 aromatic heterocycles. The third kappa shape index (κ3) is 5.80. The van der Waals surface area contributed by atoms with Crippen molar-refractivity contribution in [1.82, 2.24) is 10.2 Å². The first-order valence-corrected chi connectivity index (χ1v) is 10.1. The van der Waals surface area contributed by atoms with Gasteiger partial charge in [0.2, 0.25) is 12.0 Å². The zero-order valence-electron chi connectivity index (χ0n) is 17.0. The number of nitrogens with one attached hydrogen (secondary N) is 1. The molecule has 0 saturated carbocycles. The molecule has 2 aromatic carbocycles. The monoisotopic (exact) mass is 406 g/mol. The van der Waals surface area contributed by atoms with Crippen LogP contribution in [0.2, 0.25) is 0 Å². The zero-order chi connectivity index (χ0) is 21.3. The lowest BCUT2D eigenvalue weighted by atomic mass is 10.1. The van der Waals surface area contributed by atoms with Crippen LogP contribution >= 0.6 is 0 Å². The van der Waals surface area contributed by atoms with Crippen LogP contribution in [-0.2, 0) is 19.1 Å². The van der Waals surface area contributed by atoms with Gasteiger partial charge in [0.25, 0.3) is 5.91 Å². The third-order valence-corrected chi connectivity index (χ3v) is 4.86. The van der Waals surface area contributed by atoms with Crippen LogP contribution in [0.4, 0.5) is 0 Å². The van der Waals surface area contributed by atoms with Crippen molar-refractivity contribution in [3.8, 4) is 0 Å². The minimum absolute atomic E-state index is 0.0129. The second kappa shape index (κ2) is 10.4. The lowest BCUT2D eigenvalue weighted by molar-refractivity contribution is -0.158. The van der Waals surface area contributed by atoms with Crippen molar-refractivity contribution in [3.05, 3.63) is 77.5 Å². The Kier molecular flexibility index (Phi) is 7.38. The molecule has 6 heteroatoms. The van der Waals surface area contributed by atoms with Gasteiger partial charge in [-0.15, -0.1) is 0 Å². The SMILES string of the molecule is CC(=O)N/C(=C\c1ccccc1)C(=O)OC(C(=O)N1CCCCC1)c1ccccc1. The van der Waals surface area contributed by atoms with Crippen LogP contribution in [0.3, 0.4) is 0 Å². The van der Waals surface area contributed by atoms with Gasteiger partial charge in [-0.05, 0) is 30.9 Å². The molecular weight excluding hydrogens is 380 g/mol. The number of esters is 1. The van der Waals surface area contributed by atoms with Gasteiger partial charge < -0.3 is 15.0 Å². The summed E-state index contributed by atoms with van der Waals surface area (Å²) in [6.45, 7) is 2.62. The van der Waals surface area contributed by atoms with Gasteiger partial charge >= 0.3 is 5.97 Å². The fraction of sp³-hybridized carbons (Fsp3) is 0.292. The molecule has 0 bridgehead atoms. The Labute approximate surface area is 176 Å². The van der Waals surface area contributed by atoms with E-state index in [1.165, 1.54) is 13.0 Å². The molecule has 1 N–H and O–H groups in total. The Morgan fingerprint density at radius 3 is 2.13 bits per heavy atom. The Morgan fingerprint density at radius 2 is 1.53 bits per heavy atom. The molecule has 1 fully saturated rings. The maximum absolute atomic E-state index is 13.2. The molecule has 2 aromatic rings. The highest BCUT2D eigenvalue weighted by Crippen LogP contribution is 2.24. The summed E-state index contributed by atoms with van der Waals surface area (Å²) in [5.74, 6) is -1.39. The van der Waals surface area contributed by atoms with Crippen molar-refractivity contribution >= 4 is 23.9 Å². The van der Waals surface area contributed by atoms with E-state index in [2.05, 4.69) is 5.32 Å². The van der Waals surface area contributed by atoms with Crippen LogP contribution < -0.4 is 5.32 Å². The Balaban J connectivity index is 1.87. The maximum Gasteiger partial charge on any atom is 0.355 e. The van der Waals surface area contributed by atoms with Crippen molar-refractivity contribution < 1.29 is 19.1 Å². The largest absolute Gasteiger partial charge is 0.443 e. The third-order valence-electron chi connectivity index (χ3n) is 4.86. The van der Waals surface area contributed by atoms with E-state index in [-0.39, 0.29) is 11.6 Å². The van der Waals surface area contributed by atoms with E-state index >= 15 is 0 Å². The van der Waals surface area contributed by atoms with E-state index in [1.54, 1.807) is 29.2 Å². The molecule has 1 aliphatic heterocycles. The number of hydrogen-bond acceptors (Lipinski definition) is 4. The minimum Gasteiger partial charge on any atom is -0.443 e. The van der Waals surface area contributed by atoms with E-state index in [9.17, 15) is 14.4 Å². The first-order chi connectivity index (χ1) is 14.5. The number of rotatable bonds is 6. The molecule has 3 rings (SSSR count). The van der Waals surface area contributed by atoms with E-state index in [0.717, 1.165) is 24.8 Å². The molecule has 1 saturated heterocycles. The highest BCUT2D eigenvalue weighted by Gasteiger charge is 2.31. The lowest BCUT2D eigenvalue weighted by Crippen LogP contribution is -2.40. The van der Waals surface area contributed by atoms with Crippen molar-refractivity contribution in [2.45, 2.75) is 32.3 Å². The van der Waals surface area contributed by atoms with Crippen LogP contribution in [0.25, 0.3) is 6.08 Å². The van der Waals surface area contributed by atoms with Crippen LogP contribution in [0.1, 0.15) is 43.4 Å². The van der Waals surface area contributed by atoms with Gasteiger partial charge in [-0.25, -0.2) is 4.79 Å².